The molecule has 2 aliphatic rings. The van der Waals surface area contributed by atoms with Crippen molar-refractivity contribution in [2.75, 3.05) is 19.7 Å². The van der Waals surface area contributed by atoms with Gasteiger partial charge in [0.1, 0.15) is 5.72 Å². The molecule has 0 aliphatic carbocycles. The highest BCUT2D eigenvalue weighted by molar-refractivity contribution is 5.99. The van der Waals surface area contributed by atoms with E-state index >= 15 is 0 Å². The van der Waals surface area contributed by atoms with Crippen molar-refractivity contribution in [1.29, 1.82) is 0 Å². The molecule has 2 saturated heterocycles. The van der Waals surface area contributed by atoms with Gasteiger partial charge in [-0.2, -0.15) is 0 Å². The Morgan fingerprint density at radius 3 is 2.42 bits per heavy atom. The fourth-order valence-electron chi connectivity index (χ4n) is 4.49. The van der Waals surface area contributed by atoms with Crippen molar-refractivity contribution in [2.24, 2.45) is 0 Å². The van der Waals surface area contributed by atoms with Gasteiger partial charge in [0.15, 0.2) is 6.04 Å². The molecular formula is C23H23N3O7. The van der Waals surface area contributed by atoms with E-state index in [1.165, 1.54) is 34.1 Å². The van der Waals surface area contributed by atoms with Crippen LogP contribution >= 0.6 is 0 Å². The maximum Gasteiger partial charge on any atom is 0.328 e. The van der Waals surface area contributed by atoms with Crippen LogP contribution in [0.15, 0.2) is 48.5 Å². The lowest BCUT2D eigenvalue weighted by atomic mass is 9.95. The Bertz CT molecular complexity index is 1120. The standard InChI is InChI=1S/C23H23N3O7/c1-15-5-2-3-8-18(15)21(28)25-19(22(29)30)14-33-23(25)9-11-24(12-10-23)20(27)16-6-4-7-17(13-16)26(31)32/h2-8,13,19H,9-12,14H2,1H3,(H,29,30). The highest BCUT2D eigenvalue weighted by Crippen LogP contribution is 2.39. The van der Waals surface area contributed by atoms with Gasteiger partial charge in [-0.1, -0.05) is 24.3 Å². The first-order chi connectivity index (χ1) is 15.7. The van der Waals surface area contributed by atoms with Crippen molar-refractivity contribution in [2.45, 2.75) is 31.5 Å². The highest BCUT2D eigenvalue weighted by atomic mass is 16.6. The van der Waals surface area contributed by atoms with Gasteiger partial charge in [0, 0.05) is 49.2 Å². The van der Waals surface area contributed by atoms with E-state index in [9.17, 15) is 29.6 Å². The summed E-state index contributed by atoms with van der Waals surface area (Å²) in [5, 5.41) is 20.8. The number of hydrogen-bond acceptors (Lipinski definition) is 6. The van der Waals surface area contributed by atoms with Gasteiger partial charge in [0.05, 0.1) is 11.5 Å². The number of rotatable bonds is 4. The van der Waals surface area contributed by atoms with Gasteiger partial charge in [-0.05, 0) is 24.6 Å². The molecule has 0 radical (unpaired) electrons. The second kappa shape index (κ2) is 8.62. The van der Waals surface area contributed by atoms with E-state index < -0.39 is 28.6 Å². The minimum Gasteiger partial charge on any atom is -0.480 e. The number of carboxylic acids is 1. The first-order valence-corrected chi connectivity index (χ1v) is 10.5. The molecule has 1 atom stereocenters. The first kappa shape index (κ1) is 22.4. The van der Waals surface area contributed by atoms with E-state index in [0.717, 1.165) is 5.56 Å². The predicted octanol–water partition coefficient (Wildman–Crippen LogP) is 2.46. The van der Waals surface area contributed by atoms with Crippen molar-refractivity contribution in [1.82, 2.24) is 9.80 Å². The van der Waals surface area contributed by atoms with Crippen LogP contribution in [0.25, 0.3) is 0 Å². The van der Waals surface area contributed by atoms with Gasteiger partial charge < -0.3 is 14.7 Å². The monoisotopic (exact) mass is 453 g/mol. The van der Waals surface area contributed by atoms with E-state index in [-0.39, 0.29) is 49.7 Å². The van der Waals surface area contributed by atoms with Crippen molar-refractivity contribution in [3.63, 3.8) is 0 Å². The molecule has 2 amide bonds. The number of hydrogen-bond donors (Lipinski definition) is 1. The lowest BCUT2D eigenvalue weighted by Gasteiger charge is -2.44. The Hall–Kier alpha value is -3.79. The van der Waals surface area contributed by atoms with Gasteiger partial charge >= 0.3 is 5.97 Å². The third-order valence-electron chi connectivity index (χ3n) is 6.28. The zero-order valence-corrected chi connectivity index (χ0v) is 18.0. The number of nitrogens with zero attached hydrogens (tertiary/aromatic N) is 3. The van der Waals surface area contributed by atoms with Gasteiger partial charge in [-0.3, -0.25) is 24.6 Å². The summed E-state index contributed by atoms with van der Waals surface area (Å²) in [5.74, 6) is -1.93. The highest BCUT2D eigenvalue weighted by Gasteiger charge is 2.54. The largest absolute Gasteiger partial charge is 0.480 e. The molecule has 10 heteroatoms. The Morgan fingerprint density at radius 2 is 1.79 bits per heavy atom. The van der Waals surface area contributed by atoms with E-state index in [1.807, 2.05) is 0 Å². The first-order valence-electron chi connectivity index (χ1n) is 10.5. The number of ether oxygens (including phenoxy) is 1. The van der Waals surface area contributed by atoms with Gasteiger partial charge in [0.2, 0.25) is 0 Å². The quantitative estimate of drug-likeness (QED) is 0.556. The lowest BCUT2D eigenvalue weighted by molar-refractivity contribution is -0.384. The summed E-state index contributed by atoms with van der Waals surface area (Å²) in [7, 11) is 0. The molecule has 0 saturated carbocycles. The molecule has 1 unspecified atom stereocenters. The van der Waals surface area contributed by atoms with Gasteiger partial charge in [0.25, 0.3) is 17.5 Å². The maximum atomic E-state index is 13.4. The van der Waals surface area contributed by atoms with Gasteiger partial charge in [-0.15, -0.1) is 0 Å². The van der Waals surface area contributed by atoms with Gasteiger partial charge in [-0.25, -0.2) is 4.79 Å². The van der Waals surface area contributed by atoms with E-state index in [2.05, 4.69) is 0 Å². The molecule has 33 heavy (non-hydrogen) atoms. The number of piperidine rings is 1. The van der Waals surface area contributed by atoms with E-state index in [0.29, 0.717) is 5.56 Å². The minimum absolute atomic E-state index is 0.133. The molecule has 2 heterocycles. The second-order valence-corrected chi connectivity index (χ2v) is 8.20. The van der Waals surface area contributed by atoms with Crippen LogP contribution in [0.3, 0.4) is 0 Å². The fourth-order valence-corrected chi connectivity index (χ4v) is 4.49. The van der Waals surface area contributed by atoms with E-state index in [4.69, 9.17) is 4.74 Å². The number of amides is 2. The Labute approximate surface area is 189 Å². The molecule has 0 bridgehead atoms. The number of aliphatic carboxylic acids is 1. The van der Waals surface area contributed by atoms with Crippen molar-refractivity contribution in [3.8, 4) is 0 Å². The van der Waals surface area contributed by atoms with E-state index in [1.54, 1.807) is 31.2 Å². The van der Waals surface area contributed by atoms with Crippen molar-refractivity contribution >= 4 is 23.5 Å². The number of nitro groups is 1. The fraction of sp³-hybridized carbons (Fsp3) is 0.348. The van der Waals surface area contributed by atoms with Crippen LogP contribution in [0.1, 0.15) is 39.1 Å². The summed E-state index contributed by atoms with van der Waals surface area (Å²) >= 11 is 0. The summed E-state index contributed by atoms with van der Waals surface area (Å²) in [6, 6.07) is 11.3. The molecule has 1 N–H and O–H groups in total. The Morgan fingerprint density at radius 1 is 1.09 bits per heavy atom. The summed E-state index contributed by atoms with van der Waals surface area (Å²) in [6.07, 6.45) is 0.462. The molecule has 2 aromatic carbocycles. The molecule has 2 fully saturated rings. The minimum atomic E-state index is -1.15. The molecule has 2 aliphatic heterocycles. The lowest BCUT2D eigenvalue weighted by Crippen LogP contribution is -2.58. The molecule has 2 aromatic rings. The number of carboxylic acid groups (broad SMARTS) is 1. The zero-order valence-electron chi connectivity index (χ0n) is 18.0. The Kier molecular flexibility index (Phi) is 5.86. The van der Waals surface area contributed by atoms with Crippen LogP contribution in [-0.4, -0.2) is 69.1 Å². The number of carbonyl (C=O) groups excluding carboxylic acids is 2. The third kappa shape index (κ3) is 4.05. The van der Waals surface area contributed by atoms with Crippen LogP contribution in [0.5, 0.6) is 0 Å². The number of carbonyl (C=O) groups is 3. The van der Waals surface area contributed by atoms with Crippen LogP contribution in [0, 0.1) is 17.0 Å². The smallest absolute Gasteiger partial charge is 0.328 e. The van der Waals surface area contributed by atoms with Crippen molar-refractivity contribution in [3.05, 3.63) is 75.3 Å². The molecule has 10 nitrogen and oxygen atoms in total. The summed E-state index contributed by atoms with van der Waals surface area (Å²) < 4.78 is 5.93. The predicted molar refractivity (Wildman–Crippen MR) is 116 cm³/mol. The van der Waals surface area contributed by atoms with Crippen LogP contribution in [-0.2, 0) is 9.53 Å². The Balaban J connectivity index is 1.56. The van der Waals surface area contributed by atoms with Crippen LogP contribution < -0.4 is 0 Å². The molecule has 4 rings (SSSR count). The number of non-ortho nitro benzene ring substituents is 1. The molecule has 1 spiro atoms. The number of aryl methyl sites for hydroxylation is 1. The number of likely N-dealkylation sites (tertiary alicyclic amines) is 1. The SMILES string of the molecule is Cc1ccccc1C(=O)N1C(C(=O)O)COC12CCN(C(=O)c1cccc([N+](=O)[O-])c1)CC2. The maximum absolute atomic E-state index is 13.4. The normalized spacial score (nSPS) is 19.5. The summed E-state index contributed by atoms with van der Waals surface area (Å²) in [5.41, 5.74) is 0.0224. The molecule has 0 aromatic heterocycles. The summed E-state index contributed by atoms with van der Waals surface area (Å²) in [4.78, 5) is 51.6. The second-order valence-electron chi connectivity index (χ2n) is 8.20. The van der Waals surface area contributed by atoms with Crippen LogP contribution in [0.2, 0.25) is 0 Å². The molecule has 172 valence electrons. The third-order valence-corrected chi connectivity index (χ3v) is 6.28. The summed E-state index contributed by atoms with van der Waals surface area (Å²) in [6.45, 7) is 2.08. The zero-order chi connectivity index (χ0) is 23.8. The number of nitro benzene ring substituents is 1. The van der Waals surface area contributed by atoms with Crippen LogP contribution in [0.4, 0.5) is 5.69 Å². The topological polar surface area (TPSA) is 130 Å². The molecular weight excluding hydrogens is 430 g/mol. The average Bonchev–Trinajstić information content (AvgIpc) is 3.18. The number of benzene rings is 2. The van der Waals surface area contributed by atoms with Crippen molar-refractivity contribution < 1.29 is 29.2 Å². The average molecular weight is 453 g/mol.